The molecule has 0 atom stereocenters. The molecule has 0 heterocycles. The Hall–Kier alpha value is -2.35. The first-order chi connectivity index (χ1) is 14.4. The van der Waals surface area contributed by atoms with Crippen LogP contribution in [-0.4, -0.2) is 41.6 Å². The van der Waals surface area contributed by atoms with Gasteiger partial charge in [-0.2, -0.15) is 0 Å². The molecule has 30 heavy (non-hydrogen) atoms. The molecule has 2 N–H and O–H groups in total. The molecular formula is C23H28O6S. The van der Waals surface area contributed by atoms with Gasteiger partial charge in [-0.15, -0.1) is 11.8 Å². The molecule has 0 saturated heterocycles. The molecule has 0 unspecified atom stereocenters. The number of thioether (sulfide) groups is 1. The molecular weight excluding hydrogens is 404 g/mol. The van der Waals surface area contributed by atoms with Gasteiger partial charge in [-0.05, 0) is 56.2 Å². The molecule has 0 amide bonds. The number of hydrogen-bond donors (Lipinski definition) is 2. The van der Waals surface area contributed by atoms with E-state index in [9.17, 15) is 19.8 Å². The number of benzene rings is 2. The molecule has 2 aromatic rings. The lowest BCUT2D eigenvalue weighted by atomic mass is 9.76. The number of ether oxygens (including phenoxy) is 2. The van der Waals surface area contributed by atoms with Gasteiger partial charge >= 0.3 is 11.9 Å². The van der Waals surface area contributed by atoms with Crippen molar-refractivity contribution in [3.63, 3.8) is 0 Å². The summed E-state index contributed by atoms with van der Waals surface area (Å²) in [5.41, 5.74) is 0.131. The van der Waals surface area contributed by atoms with E-state index in [4.69, 9.17) is 9.47 Å². The summed E-state index contributed by atoms with van der Waals surface area (Å²) < 4.78 is 11.1. The quantitative estimate of drug-likeness (QED) is 0.291. The van der Waals surface area contributed by atoms with Crippen LogP contribution < -0.4 is 0 Å². The van der Waals surface area contributed by atoms with E-state index in [1.165, 1.54) is 0 Å². The van der Waals surface area contributed by atoms with Crippen LogP contribution in [-0.2, 0) is 31.9 Å². The van der Waals surface area contributed by atoms with E-state index in [-0.39, 0.29) is 12.8 Å². The van der Waals surface area contributed by atoms with E-state index in [2.05, 4.69) is 0 Å². The molecule has 2 rings (SSSR count). The fraction of sp³-hybridized carbons (Fsp3) is 0.391. The molecule has 0 radical (unpaired) electrons. The average Bonchev–Trinajstić information content (AvgIpc) is 2.74. The maximum absolute atomic E-state index is 12.1. The van der Waals surface area contributed by atoms with Crippen LogP contribution in [0, 0.1) is 5.41 Å². The van der Waals surface area contributed by atoms with Crippen LogP contribution in [0.5, 0.6) is 0 Å². The summed E-state index contributed by atoms with van der Waals surface area (Å²) in [6.07, 6.45) is 1.21. The molecule has 0 aliphatic carbocycles. The number of carbonyl (C=O) groups is 2. The molecule has 2 aromatic carbocycles. The number of carboxylic acid groups (broad SMARTS) is 2. The minimum Gasteiger partial charge on any atom is -0.480 e. The molecule has 162 valence electrons. The minimum atomic E-state index is -1.96. The van der Waals surface area contributed by atoms with E-state index in [0.717, 1.165) is 10.5 Å². The van der Waals surface area contributed by atoms with Crippen molar-refractivity contribution in [2.45, 2.75) is 37.9 Å². The first-order valence-corrected chi connectivity index (χ1v) is 11.0. The third-order valence-electron chi connectivity index (χ3n) is 4.88. The predicted octanol–water partition coefficient (Wildman–Crippen LogP) is 4.42. The predicted molar refractivity (Wildman–Crippen MR) is 116 cm³/mol. The Morgan fingerprint density at radius 3 is 1.67 bits per heavy atom. The largest absolute Gasteiger partial charge is 0.480 e. The highest BCUT2D eigenvalue weighted by Gasteiger charge is 2.46. The molecule has 0 fully saturated rings. The molecule has 0 saturated carbocycles. The van der Waals surface area contributed by atoms with E-state index < -0.39 is 23.6 Å². The summed E-state index contributed by atoms with van der Waals surface area (Å²) >= 11 is 1.57. The Labute approximate surface area is 181 Å². The lowest BCUT2D eigenvalue weighted by Gasteiger charge is -2.25. The average molecular weight is 433 g/mol. The van der Waals surface area contributed by atoms with Crippen molar-refractivity contribution in [1.82, 2.24) is 0 Å². The monoisotopic (exact) mass is 432 g/mol. The summed E-state index contributed by atoms with van der Waals surface area (Å²) in [5, 5.41) is 19.8. The lowest BCUT2D eigenvalue weighted by Crippen LogP contribution is -2.43. The van der Waals surface area contributed by atoms with Gasteiger partial charge in [-0.3, -0.25) is 9.59 Å². The van der Waals surface area contributed by atoms with Crippen LogP contribution in [0.3, 0.4) is 0 Å². The molecule has 0 aliphatic rings. The SMILES string of the molecule is CCOC(OCC)c1ccc(CC(Cc2ccc(SC)cc2)(C(=O)O)C(=O)O)cc1. The minimum absolute atomic E-state index is 0.103. The number of carboxylic acids is 2. The van der Waals surface area contributed by atoms with Gasteiger partial charge in [0, 0.05) is 23.7 Å². The first-order valence-electron chi connectivity index (χ1n) is 9.78. The van der Waals surface area contributed by atoms with Crippen molar-refractivity contribution in [3.05, 3.63) is 65.2 Å². The zero-order valence-corrected chi connectivity index (χ0v) is 18.3. The standard InChI is InChI=1S/C23H28O6S/c1-4-28-20(29-5-2)18-10-6-16(7-11-18)14-23(21(24)25,22(26)27)15-17-8-12-19(30-3)13-9-17/h6-13,20H,4-5,14-15H2,1-3H3,(H,24,25)(H,26,27). The van der Waals surface area contributed by atoms with Gasteiger partial charge in [0.25, 0.3) is 0 Å². The topological polar surface area (TPSA) is 93.1 Å². The smallest absolute Gasteiger partial charge is 0.321 e. The van der Waals surface area contributed by atoms with Gasteiger partial charge in [0.15, 0.2) is 11.7 Å². The highest BCUT2D eigenvalue weighted by Crippen LogP contribution is 2.31. The van der Waals surface area contributed by atoms with Gasteiger partial charge in [0.05, 0.1) is 0 Å². The molecule has 6 nitrogen and oxygen atoms in total. The van der Waals surface area contributed by atoms with Crippen LogP contribution in [0.25, 0.3) is 0 Å². The maximum Gasteiger partial charge on any atom is 0.321 e. The van der Waals surface area contributed by atoms with E-state index >= 15 is 0 Å². The summed E-state index contributed by atoms with van der Waals surface area (Å²) in [7, 11) is 0. The van der Waals surface area contributed by atoms with Crippen molar-refractivity contribution in [3.8, 4) is 0 Å². The Kier molecular flexibility index (Phi) is 8.89. The molecule has 0 aromatic heterocycles. The van der Waals surface area contributed by atoms with Crippen molar-refractivity contribution < 1.29 is 29.3 Å². The van der Waals surface area contributed by atoms with Crippen molar-refractivity contribution >= 4 is 23.7 Å². The van der Waals surface area contributed by atoms with Gasteiger partial charge in [0.1, 0.15) is 0 Å². The summed E-state index contributed by atoms with van der Waals surface area (Å²) in [5.74, 6) is -2.70. The summed E-state index contributed by atoms with van der Waals surface area (Å²) in [6, 6.07) is 14.3. The van der Waals surface area contributed by atoms with Crippen LogP contribution in [0.1, 0.15) is 36.8 Å². The Balaban J connectivity index is 2.29. The molecule has 0 bridgehead atoms. The zero-order chi connectivity index (χ0) is 22.1. The third-order valence-corrected chi connectivity index (χ3v) is 5.62. The third kappa shape index (κ3) is 5.84. The van der Waals surface area contributed by atoms with Crippen molar-refractivity contribution in [2.24, 2.45) is 5.41 Å². The number of hydrogen-bond acceptors (Lipinski definition) is 5. The number of aliphatic carboxylic acids is 2. The second kappa shape index (κ2) is 11.2. The maximum atomic E-state index is 12.1. The summed E-state index contributed by atoms with van der Waals surface area (Å²) in [4.78, 5) is 25.3. The van der Waals surface area contributed by atoms with Gasteiger partial charge in [-0.25, -0.2) is 0 Å². The molecule has 0 aliphatic heterocycles. The highest BCUT2D eigenvalue weighted by atomic mass is 32.2. The summed E-state index contributed by atoms with van der Waals surface area (Å²) in [6.45, 7) is 4.73. The van der Waals surface area contributed by atoms with Crippen molar-refractivity contribution in [2.75, 3.05) is 19.5 Å². The molecule has 7 heteroatoms. The highest BCUT2D eigenvalue weighted by molar-refractivity contribution is 7.98. The van der Waals surface area contributed by atoms with Crippen LogP contribution in [0.2, 0.25) is 0 Å². The fourth-order valence-corrected chi connectivity index (χ4v) is 3.64. The normalized spacial score (nSPS) is 11.6. The lowest BCUT2D eigenvalue weighted by molar-refractivity contribution is -0.164. The van der Waals surface area contributed by atoms with Crippen LogP contribution in [0.4, 0.5) is 0 Å². The van der Waals surface area contributed by atoms with E-state index in [1.807, 2.05) is 32.2 Å². The Morgan fingerprint density at radius 1 is 0.867 bits per heavy atom. The van der Waals surface area contributed by atoms with E-state index in [1.54, 1.807) is 48.2 Å². The Bertz CT molecular complexity index is 812. The molecule has 0 spiro atoms. The Morgan fingerprint density at radius 2 is 1.30 bits per heavy atom. The van der Waals surface area contributed by atoms with Gasteiger partial charge in [-0.1, -0.05) is 36.4 Å². The van der Waals surface area contributed by atoms with Gasteiger partial charge < -0.3 is 19.7 Å². The first kappa shape index (κ1) is 23.9. The van der Waals surface area contributed by atoms with Gasteiger partial charge in [0.2, 0.25) is 0 Å². The fourth-order valence-electron chi connectivity index (χ4n) is 3.23. The van der Waals surface area contributed by atoms with Crippen molar-refractivity contribution in [1.29, 1.82) is 0 Å². The van der Waals surface area contributed by atoms with E-state index in [0.29, 0.717) is 24.3 Å². The second-order valence-electron chi connectivity index (χ2n) is 6.88. The van der Waals surface area contributed by atoms with Crippen LogP contribution in [0.15, 0.2) is 53.4 Å². The number of rotatable bonds is 12. The zero-order valence-electron chi connectivity index (χ0n) is 17.5. The second-order valence-corrected chi connectivity index (χ2v) is 7.76. The van der Waals surface area contributed by atoms with Crippen LogP contribution >= 0.6 is 11.8 Å².